The van der Waals surface area contributed by atoms with E-state index >= 15 is 0 Å². The van der Waals surface area contributed by atoms with Crippen molar-refractivity contribution in [2.45, 2.75) is 0 Å². The van der Waals surface area contributed by atoms with Gasteiger partial charge in [-0.1, -0.05) is 36.4 Å². The first-order chi connectivity index (χ1) is 13.2. The molecule has 0 aliphatic heterocycles. The van der Waals surface area contributed by atoms with E-state index in [0.717, 1.165) is 5.56 Å². The van der Waals surface area contributed by atoms with Crippen LogP contribution in [0, 0.1) is 0 Å². The maximum atomic E-state index is 13.0. The Morgan fingerprint density at radius 3 is 2.74 bits per heavy atom. The van der Waals surface area contributed by atoms with Crippen molar-refractivity contribution in [3.63, 3.8) is 0 Å². The van der Waals surface area contributed by atoms with Gasteiger partial charge in [0, 0.05) is 23.3 Å². The van der Waals surface area contributed by atoms with Gasteiger partial charge in [-0.25, -0.2) is 4.98 Å². The Morgan fingerprint density at radius 2 is 1.96 bits per heavy atom. The van der Waals surface area contributed by atoms with E-state index in [-0.39, 0.29) is 5.56 Å². The van der Waals surface area contributed by atoms with Gasteiger partial charge in [-0.2, -0.15) is 0 Å². The second kappa shape index (κ2) is 7.05. The molecular formula is C20H15N3O3S. The van der Waals surface area contributed by atoms with Gasteiger partial charge in [0.05, 0.1) is 12.8 Å². The second-order valence-corrected chi connectivity index (χ2v) is 6.60. The SMILES string of the molecule is COc1cccc(NC(=O)c2cnc3scc(-c4ccccc4)n3c2=O)c1. The Balaban J connectivity index is 1.75. The van der Waals surface area contributed by atoms with Crippen LogP contribution in [0.25, 0.3) is 16.2 Å². The summed E-state index contributed by atoms with van der Waals surface area (Å²) in [5.74, 6) is 0.0997. The van der Waals surface area contributed by atoms with E-state index < -0.39 is 11.5 Å². The maximum Gasteiger partial charge on any atom is 0.271 e. The van der Waals surface area contributed by atoms with Crippen LogP contribution in [-0.4, -0.2) is 22.4 Å². The summed E-state index contributed by atoms with van der Waals surface area (Å²) in [6.07, 6.45) is 1.32. The highest BCUT2D eigenvalue weighted by Crippen LogP contribution is 2.24. The third-order valence-corrected chi connectivity index (χ3v) is 4.93. The minimum atomic E-state index is -0.514. The van der Waals surface area contributed by atoms with Gasteiger partial charge in [0.25, 0.3) is 11.5 Å². The predicted molar refractivity (Wildman–Crippen MR) is 106 cm³/mol. The molecule has 134 valence electrons. The van der Waals surface area contributed by atoms with Crippen LogP contribution in [0.15, 0.2) is 71.0 Å². The highest BCUT2D eigenvalue weighted by Gasteiger charge is 2.17. The van der Waals surface area contributed by atoms with Crippen molar-refractivity contribution in [2.75, 3.05) is 12.4 Å². The maximum absolute atomic E-state index is 13.0. The molecule has 0 aliphatic rings. The smallest absolute Gasteiger partial charge is 0.271 e. The number of carbonyl (C=O) groups excluding carboxylic acids is 1. The van der Waals surface area contributed by atoms with Crippen molar-refractivity contribution >= 4 is 27.9 Å². The number of benzene rings is 2. The predicted octanol–water partition coefficient (Wildman–Crippen LogP) is 3.68. The van der Waals surface area contributed by atoms with Crippen LogP contribution >= 0.6 is 11.3 Å². The fourth-order valence-corrected chi connectivity index (χ4v) is 3.62. The lowest BCUT2D eigenvalue weighted by Gasteiger charge is -2.07. The van der Waals surface area contributed by atoms with E-state index in [1.807, 2.05) is 35.7 Å². The average molecular weight is 377 g/mol. The van der Waals surface area contributed by atoms with Crippen LogP contribution in [0.1, 0.15) is 10.4 Å². The van der Waals surface area contributed by atoms with E-state index in [0.29, 0.717) is 22.1 Å². The number of ether oxygens (including phenoxy) is 1. The first-order valence-corrected chi connectivity index (χ1v) is 9.05. The molecule has 27 heavy (non-hydrogen) atoms. The Kier molecular flexibility index (Phi) is 4.43. The molecule has 7 heteroatoms. The summed E-state index contributed by atoms with van der Waals surface area (Å²) in [6, 6.07) is 16.5. The largest absolute Gasteiger partial charge is 0.497 e. The summed E-state index contributed by atoms with van der Waals surface area (Å²) >= 11 is 1.36. The van der Waals surface area contributed by atoms with Gasteiger partial charge in [-0.05, 0) is 17.7 Å². The molecular weight excluding hydrogens is 362 g/mol. The zero-order valence-corrected chi connectivity index (χ0v) is 15.2. The van der Waals surface area contributed by atoms with Gasteiger partial charge < -0.3 is 10.1 Å². The first-order valence-electron chi connectivity index (χ1n) is 8.17. The van der Waals surface area contributed by atoms with Crippen LogP contribution < -0.4 is 15.6 Å². The molecule has 0 atom stereocenters. The lowest BCUT2D eigenvalue weighted by atomic mass is 10.2. The molecule has 0 bridgehead atoms. The van der Waals surface area contributed by atoms with Crippen molar-refractivity contribution in [3.05, 3.63) is 82.1 Å². The van der Waals surface area contributed by atoms with E-state index in [2.05, 4.69) is 10.3 Å². The van der Waals surface area contributed by atoms with Gasteiger partial charge in [-0.3, -0.25) is 14.0 Å². The van der Waals surface area contributed by atoms with Crippen molar-refractivity contribution in [1.29, 1.82) is 0 Å². The summed E-state index contributed by atoms with van der Waals surface area (Å²) in [5.41, 5.74) is 1.71. The number of anilines is 1. The summed E-state index contributed by atoms with van der Waals surface area (Å²) in [4.78, 5) is 30.4. The molecule has 0 spiro atoms. The van der Waals surface area contributed by atoms with Gasteiger partial charge in [0.1, 0.15) is 11.3 Å². The van der Waals surface area contributed by atoms with Crippen molar-refractivity contribution in [3.8, 4) is 17.0 Å². The number of carbonyl (C=O) groups is 1. The number of nitrogens with one attached hydrogen (secondary N) is 1. The molecule has 0 aliphatic carbocycles. The molecule has 0 saturated carbocycles. The zero-order valence-electron chi connectivity index (χ0n) is 14.4. The van der Waals surface area contributed by atoms with E-state index in [1.54, 1.807) is 31.4 Å². The third kappa shape index (κ3) is 3.20. The molecule has 2 aromatic carbocycles. The minimum Gasteiger partial charge on any atom is -0.497 e. The van der Waals surface area contributed by atoms with Crippen molar-refractivity contribution in [2.24, 2.45) is 0 Å². The molecule has 1 N–H and O–H groups in total. The standard InChI is InChI=1S/C20H15N3O3S/c1-26-15-9-5-8-14(10-15)22-18(24)16-11-21-20-23(19(16)25)17(12-27-20)13-6-3-2-4-7-13/h2-12H,1H3,(H,22,24). The van der Waals surface area contributed by atoms with E-state index in [9.17, 15) is 9.59 Å². The molecule has 4 aromatic rings. The first kappa shape index (κ1) is 17.0. The Labute approximate surface area is 158 Å². The van der Waals surface area contributed by atoms with Crippen molar-refractivity contribution < 1.29 is 9.53 Å². The number of rotatable bonds is 4. The van der Waals surface area contributed by atoms with Gasteiger partial charge in [0.2, 0.25) is 0 Å². The highest BCUT2D eigenvalue weighted by atomic mass is 32.1. The quantitative estimate of drug-likeness (QED) is 0.589. The van der Waals surface area contributed by atoms with Crippen LogP contribution in [0.2, 0.25) is 0 Å². The summed E-state index contributed by atoms with van der Waals surface area (Å²) in [7, 11) is 1.55. The normalized spacial score (nSPS) is 10.7. The van der Waals surface area contributed by atoms with E-state index in [1.165, 1.54) is 21.9 Å². The lowest BCUT2D eigenvalue weighted by molar-refractivity contribution is 0.102. The number of aromatic nitrogens is 2. The Hall–Kier alpha value is -3.45. The van der Waals surface area contributed by atoms with Crippen molar-refractivity contribution in [1.82, 2.24) is 9.38 Å². The van der Waals surface area contributed by atoms with Crippen LogP contribution in [-0.2, 0) is 0 Å². The molecule has 4 rings (SSSR count). The zero-order chi connectivity index (χ0) is 18.8. The monoisotopic (exact) mass is 377 g/mol. The number of thiazole rings is 1. The topological polar surface area (TPSA) is 72.7 Å². The molecule has 1 amide bonds. The summed E-state index contributed by atoms with van der Waals surface area (Å²) in [5, 5.41) is 4.58. The second-order valence-electron chi connectivity index (χ2n) is 5.77. The number of fused-ring (bicyclic) bond motifs is 1. The highest BCUT2D eigenvalue weighted by molar-refractivity contribution is 7.15. The molecule has 2 aromatic heterocycles. The van der Waals surface area contributed by atoms with Gasteiger partial charge in [0.15, 0.2) is 4.96 Å². The lowest BCUT2D eigenvalue weighted by Crippen LogP contribution is -2.26. The number of hydrogen-bond donors (Lipinski definition) is 1. The molecule has 6 nitrogen and oxygen atoms in total. The number of nitrogens with zero attached hydrogens (tertiary/aromatic N) is 2. The average Bonchev–Trinajstić information content (AvgIpc) is 3.14. The fourth-order valence-electron chi connectivity index (χ4n) is 2.76. The fraction of sp³-hybridized carbons (Fsp3) is 0.0500. The number of hydrogen-bond acceptors (Lipinski definition) is 5. The number of amides is 1. The minimum absolute atomic E-state index is 0.0223. The van der Waals surface area contributed by atoms with Crippen LogP contribution in [0.4, 0.5) is 5.69 Å². The van der Waals surface area contributed by atoms with Crippen LogP contribution in [0.5, 0.6) is 5.75 Å². The number of methoxy groups -OCH3 is 1. The summed E-state index contributed by atoms with van der Waals surface area (Å²) in [6.45, 7) is 0. The Bertz CT molecular complexity index is 1180. The summed E-state index contributed by atoms with van der Waals surface area (Å²) < 4.78 is 6.62. The molecule has 0 radical (unpaired) electrons. The third-order valence-electron chi connectivity index (χ3n) is 4.09. The molecule has 0 saturated heterocycles. The Morgan fingerprint density at radius 1 is 1.15 bits per heavy atom. The van der Waals surface area contributed by atoms with Crippen LogP contribution in [0.3, 0.4) is 0 Å². The molecule has 0 unspecified atom stereocenters. The van der Waals surface area contributed by atoms with Gasteiger partial charge >= 0.3 is 0 Å². The van der Waals surface area contributed by atoms with E-state index in [4.69, 9.17) is 4.74 Å². The molecule has 2 heterocycles. The van der Waals surface area contributed by atoms with Gasteiger partial charge in [-0.15, -0.1) is 11.3 Å². The molecule has 0 fully saturated rings.